The maximum Gasteiger partial charge on any atom is 0.387 e. The molecule has 0 atom stereocenters. The van der Waals surface area contributed by atoms with Crippen molar-refractivity contribution < 1.29 is 22.4 Å². The Morgan fingerprint density at radius 2 is 1.93 bits per heavy atom. The van der Waals surface area contributed by atoms with E-state index in [1.54, 1.807) is 30.3 Å². The minimum Gasteiger partial charge on any atom is -0.434 e. The first-order chi connectivity index (χ1) is 14.0. The lowest BCUT2D eigenvalue weighted by Crippen LogP contribution is -2.26. The van der Waals surface area contributed by atoms with E-state index in [2.05, 4.69) is 14.9 Å². The summed E-state index contributed by atoms with van der Waals surface area (Å²) < 4.78 is 49.3. The van der Waals surface area contributed by atoms with Crippen LogP contribution in [0.25, 0.3) is 11.4 Å². The molecule has 0 spiro atoms. The maximum atomic E-state index is 14.2. The quantitative estimate of drug-likeness (QED) is 0.492. The summed E-state index contributed by atoms with van der Waals surface area (Å²) in [5.41, 5.74) is 0.717. The van der Waals surface area contributed by atoms with Gasteiger partial charge in [-0.2, -0.15) is 13.8 Å². The van der Waals surface area contributed by atoms with Gasteiger partial charge in [-0.05, 0) is 37.1 Å². The van der Waals surface area contributed by atoms with Gasteiger partial charge in [0.1, 0.15) is 11.6 Å². The average Bonchev–Trinajstić information content (AvgIpc) is 3.43. The third-order valence-electron chi connectivity index (χ3n) is 4.64. The van der Waals surface area contributed by atoms with Crippen molar-refractivity contribution in [3.63, 3.8) is 0 Å². The predicted octanol–water partition coefficient (Wildman–Crippen LogP) is 5.30. The van der Waals surface area contributed by atoms with Gasteiger partial charge in [0.15, 0.2) is 0 Å². The van der Waals surface area contributed by atoms with Crippen LogP contribution < -0.4 is 4.74 Å². The number of ether oxygens (including phenoxy) is 1. The summed E-state index contributed by atoms with van der Waals surface area (Å²) in [5.74, 6) is 0.0432. The van der Waals surface area contributed by atoms with Gasteiger partial charge in [-0.3, -0.25) is 4.90 Å². The normalized spacial score (nSPS) is 14.0. The molecule has 4 rings (SSSR count). The molecular formula is C20H17ClF3N3O2. The van der Waals surface area contributed by atoms with Gasteiger partial charge in [0.2, 0.25) is 11.7 Å². The first-order valence-corrected chi connectivity index (χ1v) is 9.43. The van der Waals surface area contributed by atoms with Crippen LogP contribution in [0, 0.1) is 5.82 Å². The summed E-state index contributed by atoms with van der Waals surface area (Å²) in [6.07, 6.45) is 1.97. The number of alkyl halides is 2. The molecule has 0 amide bonds. The van der Waals surface area contributed by atoms with E-state index in [4.69, 9.17) is 16.1 Å². The number of hydrogen-bond acceptors (Lipinski definition) is 5. The molecule has 9 heteroatoms. The lowest BCUT2D eigenvalue weighted by Gasteiger charge is -2.21. The zero-order valence-corrected chi connectivity index (χ0v) is 16.0. The Morgan fingerprint density at radius 3 is 2.66 bits per heavy atom. The largest absolute Gasteiger partial charge is 0.434 e. The highest BCUT2D eigenvalue weighted by atomic mass is 35.5. The Morgan fingerprint density at radius 1 is 1.14 bits per heavy atom. The molecule has 29 heavy (non-hydrogen) atoms. The van der Waals surface area contributed by atoms with Crippen molar-refractivity contribution in [2.24, 2.45) is 0 Å². The lowest BCUT2D eigenvalue weighted by atomic mass is 10.2. The number of halogens is 4. The summed E-state index contributed by atoms with van der Waals surface area (Å²) in [5, 5.41) is 4.25. The van der Waals surface area contributed by atoms with Gasteiger partial charge >= 0.3 is 6.61 Å². The number of nitrogens with zero attached hydrogens (tertiary/aromatic N) is 3. The van der Waals surface area contributed by atoms with Crippen LogP contribution in [-0.4, -0.2) is 27.7 Å². The molecule has 5 nitrogen and oxygen atoms in total. The van der Waals surface area contributed by atoms with Crippen molar-refractivity contribution in [3.8, 4) is 17.1 Å². The van der Waals surface area contributed by atoms with Crippen molar-refractivity contribution in [2.45, 2.75) is 38.6 Å². The highest BCUT2D eigenvalue weighted by Gasteiger charge is 2.31. The average molecular weight is 424 g/mol. The fourth-order valence-electron chi connectivity index (χ4n) is 3.09. The second-order valence-corrected chi connectivity index (χ2v) is 7.13. The number of benzene rings is 2. The SMILES string of the molecule is Fc1cccc(Cl)c1CN(Cc1nc(-c2ccccc2OC(F)F)no1)C1CC1. The van der Waals surface area contributed by atoms with Crippen LogP contribution in [0.2, 0.25) is 5.02 Å². The summed E-state index contributed by atoms with van der Waals surface area (Å²) in [6, 6.07) is 11.1. The minimum absolute atomic E-state index is 0.0352. The predicted molar refractivity (Wildman–Crippen MR) is 100 cm³/mol. The van der Waals surface area contributed by atoms with Gasteiger partial charge in [0.05, 0.1) is 12.1 Å². The Hall–Kier alpha value is -2.58. The molecule has 2 aromatic carbocycles. The van der Waals surface area contributed by atoms with E-state index in [9.17, 15) is 13.2 Å². The van der Waals surface area contributed by atoms with E-state index in [1.807, 2.05) is 4.90 Å². The molecule has 0 N–H and O–H groups in total. The third-order valence-corrected chi connectivity index (χ3v) is 4.99. The third kappa shape index (κ3) is 4.71. The lowest BCUT2D eigenvalue weighted by molar-refractivity contribution is -0.0494. The minimum atomic E-state index is -2.96. The van der Waals surface area contributed by atoms with Gasteiger partial charge in [-0.1, -0.05) is 35.0 Å². The molecule has 0 saturated heterocycles. The summed E-state index contributed by atoms with van der Waals surface area (Å²) in [7, 11) is 0. The fourth-order valence-corrected chi connectivity index (χ4v) is 3.32. The molecule has 0 radical (unpaired) electrons. The van der Waals surface area contributed by atoms with Crippen LogP contribution in [0.1, 0.15) is 24.3 Å². The molecule has 0 aliphatic heterocycles. The van der Waals surface area contributed by atoms with E-state index >= 15 is 0 Å². The second kappa shape index (κ2) is 8.42. The van der Waals surface area contributed by atoms with Crippen molar-refractivity contribution in [1.82, 2.24) is 15.0 Å². The molecule has 1 aromatic heterocycles. The Balaban J connectivity index is 1.54. The smallest absolute Gasteiger partial charge is 0.387 e. The Labute approximate surface area is 170 Å². The van der Waals surface area contributed by atoms with Crippen LogP contribution >= 0.6 is 11.6 Å². The standard InChI is InChI=1S/C20H17ClF3N3O2/c21-15-5-3-6-16(22)14(15)10-27(12-8-9-12)11-18-25-19(26-29-18)13-4-1-2-7-17(13)28-20(23)24/h1-7,12,20H,8-11H2. The van der Waals surface area contributed by atoms with Crippen LogP contribution in [0.4, 0.5) is 13.2 Å². The van der Waals surface area contributed by atoms with E-state index in [0.29, 0.717) is 35.1 Å². The molecule has 3 aromatic rings. The second-order valence-electron chi connectivity index (χ2n) is 6.72. The molecule has 1 fully saturated rings. The van der Waals surface area contributed by atoms with Crippen molar-refractivity contribution in [3.05, 3.63) is 64.8 Å². The summed E-state index contributed by atoms with van der Waals surface area (Å²) in [6.45, 7) is -2.36. The van der Waals surface area contributed by atoms with Gasteiger partial charge in [0, 0.05) is 23.2 Å². The van der Waals surface area contributed by atoms with Crippen LogP contribution in [-0.2, 0) is 13.1 Å². The van der Waals surface area contributed by atoms with E-state index in [0.717, 1.165) is 12.8 Å². The zero-order chi connectivity index (χ0) is 20.4. The zero-order valence-electron chi connectivity index (χ0n) is 15.2. The number of rotatable bonds is 8. The molecule has 1 heterocycles. The Bertz CT molecular complexity index is 974. The molecule has 1 aliphatic carbocycles. The van der Waals surface area contributed by atoms with Crippen molar-refractivity contribution >= 4 is 11.6 Å². The van der Waals surface area contributed by atoms with Gasteiger partial charge in [-0.25, -0.2) is 4.39 Å². The van der Waals surface area contributed by atoms with Crippen LogP contribution in [0.15, 0.2) is 47.0 Å². The van der Waals surface area contributed by atoms with Crippen molar-refractivity contribution in [1.29, 1.82) is 0 Å². The number of aromatic nitrogens is 2. The highest BCUT2D eigenvalue weighted by molar-refractivity contribution is 6.31. The molecule has 1 aliphatic rings. The van der Waals surface area contributed by atoms with E-state index < -0.39 is 6.61 Å². The van der Waals surface area contributed by atoms with Gasteiger partial charge in [-0.15, -0.1) is 0 Å². The van der Waals surface area contributed by atoms with Gasteiger partial charge in [0.25, 0.3) is 0 Å². The first-order valence-electron chi connectivity index (χ1n) is 9.05. The number of para-hydroxylation sites is 1. The molecule has 152 valence electrons. The molecule has 1 saturated carbocycles. The molecule has 0 bridgehead atoms. The van der Waals surface area contributed by atoms with E-state index in [-0.39, 0.29) is 23.4 Å². The monoisotopic (exact) mass is 423 g/mol. The topological polar surface area (TPSA) is 51.4 Å². The number of hydrogen-bond donors (Lipinski definition) is 0. The highest BCUT2D eigenvalue weighted by Crippen LogP contribution is 2.33. The Kier molecular flexibility index (Phi) is 5.73. The molecule has 0 unspecified atom stereocenters. The summed E-state index contributed by atoms with van der Waals surface area (Å²) >= 11 is 6.15. The summed E-state index contributed by atoms with van der Waals surface area (Å²) in [4.78, 5) is 6.33. The first kappa shape index (κ1) is 19.7. The van der Waals surface area contributed by atoms with E-state index in [1.165, 1.54) is 12.1 Å². The maximum absolute atomic E-state index is 14.2. The fraction of sp³-hybridized carbons (Fsp3) is 0.300. The van der Waals surface area contributed by atoms with Crippen LogP contribution in [0.3, 0.4) is 0 Å². The van der Waals surface area contributed by atoms with Crippen LogP contribution in [0.5, 0.6) is 5.75 Å². The van der Waals surface area contributed by atoms with Crippen molar-refractivity contribution in [2.75, 3.05) is 0 Å². The van der Waals surface area contributed by atoms with Gasteiger partial charge < -0.3 is 9.26 Å². The molecular weight excluding hydrogens is 407 g/mol.